The molecule has 1 aliphatic carbocycles. The van der Waals surface area contributed by atoms with Gasteiger partial charge in [0, 0.05) is 36.5 Å². The highest BCUT2D eigenvalue weighted by molar-refractivity contribution is 6.30. The van der Waals surface area contributed by atoms with E-state index < -0.39 is 0 Å². The van der Waals surface area contributed by atoms with Gasteiger partial charge in [-0.3, -0.25) is 0 Å². The summed E-state index contributed by atoms with van der Waals surface area (Å²) in [5.41, 5.74) is 1.12. The van der Waals surface area contributed by atoms with Gasteiger partial charge in [0.15, 0.2) is 0 Å². The monoisotopic (exact) mass is 374 g/mol. The first kappa shape index (κ1) is 18.8. The third kappa shape index (κ3) is 4.79. The normalized spacial score (nSPS) is 15.0. The van der Waals surface area contributed by atoms with E-state index in [1.54, 1.807) is 6.20 Å². The smallest absolute Gasteiger partial charge is 0.318 e. The van der Waals surface area contributed by atoms with Crippen LogP contribution >= 0.6 is 11.6 Å². The zero-order valence-electron chi connectivity index (χ0n) is 15.3. The number of hydrogen-bond acceptors (Lipinski definition) is 2. The van der Waals surface area contributed by atoms with Crippen molar-refractivity contribution in [3.8, 4) is 0 Å². The van der Waals surface area contributed by atoms with E-state index in [0.717, 1.165) is 29.3 Å². The Bertz CT molecular complexity index is 724. The number of halogens is 1. The highest BCUT2D eigenvalue weighted by atomic mass is 35.5. The molecule has 2 aromatic rings. The second-order valence-electron chi connectivity index (χ2n) is 6.86. The van der Waals surface area contributed by atoms with Crippen molar-refractivity contribution < 1.29 is 4.79 Å². The summed E-state index contributed by atoms with van der Waals surface area (Å²) in [6, 6.07) is 8.16. The number of amides is 2. The standard InChI is InChI=1S/C20H27ClN4O/c1-2-22-20(26)25(18-9-4-3-5-10-18)15-19-23-11-12-24(19)14-16-7-6-8-17(21)13-16/h6-8,11-13,18H,2-5,9-10,14-15H2,1H3,(H,22,26). The number of benzene rings is 1. The Morgan fingerprint density at radius 2 is 2.15 bits per heavy atom. The van der Waals surface area contributed by atoms with Gasteiger partial charge in [-0.05, 0) is 37.5 Å². The van der Waals surface area contributed by atoms with E-state index in [0.29, 0.717) is 25.7 Å². The first-order chi connectivity index (χ1) is 12.7. The number of hydrogen-bond donors (Lipinski definition) is 1. The average molecular weight is 375 g/mol. The summed E-state index contributed by atoms with van der Waals surface area (Å²) in [5.74, 6) is 0.904. The van der Waals surface area contributed by atoms with Crippen LogP contribution in [-0.2, 0) is 13.1 Å². The van der Waals surface area contributed by atoms with E-state index in [9.17, 15) is 4.79 Å². The van der Waals surface area contributed by atoms with Crippen LogP contribution in [0.4, 0.5) is 4.79 Å². The van der Waals surface area contributed by atoms with Crippen LogP contribution in [0.2, 0.25) is 5.02 Å². The van der Waals surface area contributed by atoms with Crippen LogP contribution in [0, 0.1) is 0 Å². The predicted molar refractivity (Wildman–Crippen MR) is 104 cm³/mol. The lowest BCUT2D eigenvalue weighted by molar-refractivity contribution is 0.148. The third-order valence-electron chi connectivity index (χ3n) is 4.96. The Kier molecular flexibility index (Phi) is 6.56. The molecule has 6 heteroatoms. The molecule has 26 heavy (non-hydrogen) atoms. The fourth-order valence-corrected chi connectivity index (χ4v) is 3.85. The van der Waals surface area contributed by atoms with Gasteiger partial charge in [0.05, 0.1) is 6.54 Å². The molecule has 1 heterocycles. The van der Waals surface area contributed by atoms with Gasteiger partial charge in [0.1, 0.15) is 5.82 Å². The van der Waals surface area contributed by atoms with Gasteiger partial charge in [-0.25, -0.2) is 9.78 Å². The summed E-state index contributed by atoms with van der Waals surface area (Å²) in [5, 5.41) is 3.70. The Morgan fingerprint density at radius 3 is 2.88 bits per heavy atom. The summed E-state index contributed by atoms with van der Waals surface area (Å²) in [7, 11) is 0. The Balaban J connectivity index is 1.76. The van der Waals surface area contributed by atoms with Gasteiger partial charge in [0.25, 0.3) is 0 Å². The van der Waals surface area contributed by atoms with Crippen LogP contribution in [-0.4, -0.2) is 33.1 Å². The van der Waals surface area contributed by atoms with Gasteiger partial charge < -0.3 is 14.8 Å². The zero-order chi connectivity index (χ0) is 18.4. The van der Waals surface area contributed by atoms with Crippen LogP contribution < -0.4 is 5.32 Å². The van der Waals surface area contributed by atoms with Crippen molar-refractivity contribution in [1.82, 2.24) is 19.8 Å². The molecule has 140 valence electrons. The molecule has 1 aromatic heterocycles. The molecule has 3 rings (SSSR count). The molecule has 0 radical (unpaired) electrons. The molecule has 0 aliphatic heterocycles. The van der Waals surface area contributed by atoms with Crippen molar-refractivity contribution in [2.24, 2.45) is 0 Å². The second kappa shape index (κ2) is 9.08. The largest absolute Gasteiger partial charge is 0.338 e. The molecule has 1 fully saturated rings. The first-order valence-electron chi connectivity index (χ1n) is 9.46. The van der Waals surface area contributed by atoms with Crippen LogP contribution in [0.1, 0.15) is 50.4 Å². The molecule has 2 amide bonds. The number of rotatable bonds is 6. The molecule has 0 spiro atoms. The molecule has 0 saturated heterocycles. The molecule has 0 bridgehead atoms. The van der Waals surface area contributed by atoms with Crippen molar-refractivity contribution >= 4 is 17.6 Å². The summed E-state index contributed by atoms with van der Waals surface area (Å²) in [6.07, 6.45) is 9.57. The fraction of sp³-hybridized carbons (Fsp3) is 0.500. The number of nitrogens with one attached hydrogen (secondary N) is 1. The topological polar surface area (TPSA) is 50.2 Å². The van der Waals surface area contributed by atoms with E-state index in [4.69, 9.17) is 11.6 Å². The van der Waals surface area contributed by atoms with E-state index >= 15 is 0 Å². The number of aromatic nitrogens is 2. The molecule has 5 nitrogen and oxygen atoms in total. The lowest BCUT2D eigenvalue weighted by Crippen LogP contribution is -2.46. The van der Waals surface area contributed by atoms with Gasteiger partial charge in [-0.15, -0.1) is 0 Å². The first-order valence-corrected chi connectivity index (χ1v) is 9.84. The van der Waals surface area contributed by atoms with Crippen molar-refractivity contribution in [1.29, 1.82) is 0 Å². The van der Waals surface area contributed by atoms with E-state index in [1.807, 2.05) is 36.2 Å². The lowest BCUT2D eigenvalue weighted by atomic mass is 9.94. The third-order valence-corrected chi connectivity index (χ3v) is 5.19. The second-order valence-corrected chi connectivity index (χ2v) is 7.29. The molecule has 1 aliphatic rings. The van der Waals surface area contributed by atoms with Gasteiger partial charge >= 0.3 is 6.03 Å². The van der Waals surface area contributed by atoms with Crippen LogP contribution in [0.25, 0.3) is 0 Å². The van der Waals surface area contributed by atoms with Gasteiger partial charge in [0.2, 0.25) is 0 Å². The van der Waals surface area contributed by atoms with Crippen LogP contribution in [0.3, 0.4) is 0 Å². The maximum atomic E-state index is 12.6. The number of carbonyl (C=O) groups is 1. The van der Waals surface area contributed by atoms with Gasteiger partial charge in [-0.2, -0.15) is 0 Å². The van der Waals surface area contributed by atoms with Crippen molar-refractivity contribution in [3.05, 3.63) is 53.1 Å². The van der Waals surface area contributed by atoms with Crippen molar-refractivity contribution in [2.75, 3.05) is 6.54 Å². The fourth-order valence-electron chi connectivity index (χ4n) is 3.63. The van der Waals surface area contributed by atoms with E-state index in [1.165, 1.54) is 19.3 Å². The van der Waals surface area contributed by atoms with Crippen molar-refractivity contribution in [2.45, 2.75) is 58.2 Å². The number of imidazole rings is 1. The molecule has 0 atom stereocenters. The molecule has 1 saturated carbocycles. The number of carbonyl (C=O) groups excluding carboxylic acids is 1. The van der Waals surface area contributed by atoms with Gasteiger partial charge in [-0.1, -0.05) is 43.0 Å². The average Bonchev–Trinajstić information content (AvgIpc) is 3.07. The highest BCUT2D eigenvalue weighted by Gasteiger charge is 2.26. The highest BCUT2D eigenvalue weighted by Crippen LogP contribution is 2.24. The molecule has 1 aromatic carbocycles. The Labute approximate surface area is 160 Å². The molecular formula is C20H27ClN4O. The maximum Gasteiger partial charge on any atom is 0.318 e. The molecular weight excluding hydrogens is 348 g/mol. The minimum absolute atomic E-state index is 0.0108. The summed E-state index contributed by atoms with van der Waals surface area (Å²) < 4.78 is 2.10. The zero-order valence-corrected chi connectivity index (χ0v) is 16.1. The Hall–Kier alpha value is -2.01. The van der Waals surface area contributed by atoms with E-state index in [2.05, 4.69) is 20.9 Å². The number of urea groups is 1. The van der Waals surface area contributed by atoms with E-state index in [-0.39, 0.29) is 6.03 Å². The number of nitrogens with zero attached hydrogens (tertiary/aromatic N) is 3. The quantitative estimate of drug-likeness (QED) is 0.812. The molecule has 1 N–H and O–H groups in total. The lowest BCUT2D eigenvalue weighted by Gasteiger charge is -2.34. The minimum atomic E-state index is 0.0108. The summed E-state index contributed by atoms with van der Waals surface area (Å²) in [6.45, 7) is 3.82. The van der Waals surface area contributed by atoms with Crippen LogP contribution in [0.15, 0.2) is 36.7 Å². The van der Waals surface area contributed by atoms with Crippen LogP contribution in [0.5, 0.6) is 0 Å². The SMILES string of the molecule is CCNC(=O)N(Cc1nccn1Cc1cccc(Cl)c1)C1CCCCC1. The Morgan fingerprint density at radius 1 is 1.35 bits per heavy atom. The predicted octanol–water partition coefficient (Wildman–Crippen LogP) is 4.45. The summed E-state index contributed by atoms with van der Waals surface area (Å²) in [4.78, 5) is 19.1. The minimum Gasteiger partial charge on any atom is -0.338 e. The summed E-state index contributed by atoms with van der Waals surface area (Å²) >= 11 is 6.10. The molecule has 0 unspecified atom stereocenters. The van der Waals surface area contributed by atoms with Crippen molar-refractivity contribution in [3.63, 3.8) is 0 Å². The maximum absolute atomic E-state index is 12.6.